The summed E-state index contributed by atoms with van der Waals surface area (Å²) in [5.74, 6) is 1.55. The van der Waals surface area contributed by atoms with Crippen LogP contribution in [0.15, 0.2) is 0 Å². The van der Waals surface area contributed by atoms with Crippen molar-refractivity contribution in [3.8, 4) is 0 Å². The fourth-order valence-electron chi connectivity index (χ4n) is 1.82. The summed E-state index contributed by atoms with van der Waals surface area (Å²) in [5.41, 5.74) is 0. The van der Waals surface area contributed by atoms with Gasteiger partial charge in [-0.15, -0.1) is 0 Å². The van der Waals surface area contributed by atoms with E-state index in [-0.39, 0.29) is 0 Å². The fourth-order valence-corrected chi connectivity index (χ4v) is 1.82. The van der Waals surface area contributed by atoms with Crippen molar-refractivity contribution in [3.63, 3.8) is 0 Å². The molecule has 0 aliphatic heterocycles. The van der Waals surface area contributed by atoms with Gasteiger partial charge in [0.25, 0.3) is 0 Å². The van der Waals surface area contributed by atoms with Gasteiger partial charge in [-0.25, -0.2) is 0 Å². The average molecular weight is 229 g/mol. The van der Waals surface area contributed by atoms with Gasteiger partial charge >= 0.3 is 0 Å². The van der Waals surface area contributed by atoms with E-state index in [2.05, 4.69) is 39.9 Å². The summed E-state index contributed by atoms with van der Waals surface area (Å²) in [7, 11) is 0. The molecule has 0 spiro atoms. The van der Waals surface area contributed by atoms with Gasteiger partial charge in [0, 0.05) is 6.54 Å². The van der Waals surface area contributed by atoms with Crippen LogP contribution in [-0.4, -0.2) is 25.8 Å². The van der Waals surface area contributed by atoms with Crippen LogP contribution in [0.1, 0.15) is 53.9 Å². The largest absolute Gasteiger partial charge is 0.377 e. The Labute approximate surface area is 102 Å². The van der Waals surface area contributed by atoms with Crippen LogP contribution in [0.4, 0.5) is 0 Å². The van der Waals surface area contributed by atoms with E-state index in [4.69, 9.17) is 4.74 Å². The van der Waals surface area contributed by atoms with Crippen LogP contribution in [0, 0.1) is 11.8 Å². The molecule has 2 heteroatoms. The predicted molar refractivity (Wildman–Crippen MR) is 71.8 cm³/mol. The first kappa shape index (κ1) is 15.9. The standard InChI is InChI=1S/C14H31NO/c1-12(2)7-6-8-15-9-10-16-14(5)11-13(3)4/h12-15H,6-11H2,1-5H3. The molecule has 0 radical (unpaired) electrons. The Hall–Kier alpha value is -0.0800. The van der Waals surface area contributed by atoms with E-state index >= 15 is 0 Å². The lowest BCUT2D eigenvalue weighted by atomic mass is 10.1. The second-order valence-electron chi connectivity index (χ2n) is 5.60. The molecule has 0 bridgehead atoms. The summed E-state index contributed by atoms with van der Waals surface area (Å²) in [6.07, 6.45) is 4.15. The fraction of sp³-hybridized carbons (Fsp3) is 1.00. The summed E-state index contributed by atoms with van der Waals surface area (Å²) < 4.78 is 5.72. The summed E-state index contributed by atoms with van der Waals surface area (Å²) >= 11 is 0. The molecule has 2 nitrogen and oxygen atoms in total. The Morgan fingerprint density at radius 2 is 1.62 bits per heavy atom. The molecule has 1 unspecified atom stereocenters. The highest BCUT2D eigenvalue weighted by Crippen LogP contribution is 2.06. The van der Waals surface area contributed by atoms with E-state index in [1.807, 2.05) is 0 Å². The SMILES string of the molecule is CC(C)CCCNCCOC(C)CC(C)C. The minimum absolute atomic E-state index is 0.400. The van der Waals surface area contributed by atoms with Crippen LogP contribution in [0.5, 0.6) is 0 Å². The first-order valence-corrected chi connectivity index (χ1v) is 6.84. The monoisotopic (exact) mass is 229 g/mol. The first-order valence-electron chi connectivity index (χ1n) is 6.84. The lowest BCUT2D eigenvalue weighted by molar-refractivity contribution is 0.0539. The van der Waals surface area contributed by atoms with Crippen molar-refractivity contribution in [1.82, 2.24) is 5.32 Å². The van der Waals surface area contributed by atoms with E-state index in [0.29, 0.717) is 6.10 Å². The lowest BCUT2D eigenvalue weighted by Crippen LogP contribution is -2.23. The molecule has 0 aromatic heterocycles. The third-order valence-corrected chi connectivity index (χ3v) is 2.62. The zero-order valence-corrected chi connectivity index (χ0v) is 11.9. The molecule has 1 N–H and O–H groups in total. The second kappa shape index (κ2) is 10.1. The molecule has 0 heterocycles. The quantitative estimate of drug-likeness (QED) is 0.579. The van der Waals surface area contributed by atoms with E-state index in [0.717, 1.165) is 38.0 Å². The van der Waals surface area contributed by atoms with Crippen LogP contribution in [0.2, 0.25) is 0 Å². The normalized spacial score (nSPS) is 13.7. The number of hydrogen-bond acceptors (Lipinski definition) is 2. The zero-order chi connectivity index (χ0) is 12.4. The van der Waals surface area contributed by atoms with Crippen LogP contribution >= 0.6 is 0 Å². The Balaban J connectivity index is 3.14. The van der Waals surface area contributed by atoms with Crippen LogP contribution in [-0.2, 0) is 4.74 Å². The molecule has 0 aliphatic carbocycles. The van der Waals surface area contributed by atoms with Gasteiger partial charge in [0.15, 0.2) is 0 Å². The molecular weight excluding hydrogens is 198 g/mol. The predicted octanol–water partition coefficient (Wildman–Crippen LogP) is 3.46. The van der Waals surface area contributed by atoms with E-state index < -0.39 is 0 Å². The van der Waals surface area contributed by atoms with Gasteiger partial charge in [-0.2, -0.15) is 0 Å². The molecule has 0 aromatic rings. The van der Waals surface area contributed by atoms with Crippen LogP contribution in [0.25, 0.3) is 0 Å². The summed E-state index contributed by atoms with van der Waals surface area (Å²) in [5, 5.41) is 3.42. The van der Waals surface area contributed by atoms with Gasteiger partial charge < -0.3 is 10.1 Å². The lowest BCUT2D eigenvalue weighted by Gasteiger charge is -2.15. The topological polar surface area (TPSA) is 21.3 Å². The van der Waals surface area contributed by atoms with E-state index in [9.17, 15) is 0 Å². The molecule has 1 atom stereocenters. The highest BCUT2D eigenvalue weighted by Gasteiger charge is 2.04. The van der Waals surface area contributed by atoms with Gasteiger partial charge in [-0.3, -0.25) is 0 Å². The van der Waals surface area contributed by atoms with Gasteiger partial charge in [-0.05, 0) is 44.6 Å². The van der Waals surface area contributed by atoms with Gasteiger partial charge in [0.05, 0.1) is 12.7 Å². The molecule has 0 saturated heterocycles. The van der Waals surface area contributed by atoms with Crippen molar-refractivity contribution < 1.29 is 4.74 Å². The van der Waals surface area contributed by atoms with Gasteiger partial charge in [0.1, 0.15) is 0 Å². The van der Waals surface area contributed by atoms with E-state index in [1.54, 1.807) is 0 Å². The van der Waals surface area contributed by atoms with Crippen molar-refractivity contribution in [2.45, 2.75) is 60.0 Å². The molecular formula is C14H31NO. The summed E-state index contributed by atoms with van der Waals surface area (Å²) in [6.45, 7) is 14.1. The van der Waals surface area contributed by atoms with Gasteiger partial charge in [-0.1, -0.05) is 27.7 Å². The molecule has 0 saturated carbocycles. The Morgan fingerprint density at radius 3 is 2.19 bits per heavy atom. The van der Waals surface area contributed by atoms with Crippen molar-refractivity contribution in [1.29, 1.82) is 0 Å². The van der Waals surface area contributed by atoms with Crippen molar-refractivity contribution in [3.05, 3.63) is 0 Å². The molecule has 0 rings (SSSR count). The third kappa shape index (κ3) is 12.0. The Morgan fingerprint density at radius 1 is 0.938 bits per heavy atom. The minimum Gasteiger partial charge on any atom is -0.377 e. The maximum absolute atomic E-state index is 5.72. The van der Waals surface area contributed by atoms with Crippen molar-refractivity contribution >= 4 is 0 Å². The van der Waals surface area contributed by atoms with Crippen molar-refractivity contribution in [2.24, 2.45) is 11.8 Å². The molecule has 0 fully saturated rings. The molecule has 0 amide bonds. The van der Waals surface area contributed by atoms with Crippen LogP contribution in [0.3, 0.4) is 0 Å². The Kier molecular flexibility index (Phi) is 10.0. The maximum atomic E-state index is 5.72. The average Bonchev–Trinajstić information content (AvgIpc) is 2.14. The number of hydrogen-bond donors (Lipinski definition) is 1. The highest BCUT2D eigenvalue weighted by atomic mass is 16.5. The molecule has 98 valence electrons. The minimum atomic E-state index is 0.400. The molecule has 16 heavy (non-hydrogen) atoms. The maximum Gasteiger partial charge on any atom is 0.0594 e. The first-order chi connectivity index (χ1) is 7.52. The van der Waals surface area contributed by atoms with E-state index in [1.165, 1.54) is 12.8 Å². The highest BCUT2D eigenvalue weighted by molar-refractivity contribution is 4.55. The number of nitrogens with one attached hydrogen (secondary N) is 1. The summed E-state index contributed by atoms with van der Waals surface area (Å²) in [4.78, 5) is 0. The summed E-state index contributed by atoms with van der Waals surface area (Å²) in [6, 6.07) is 0. The van der Waals surface area contributed by atoms with Crippen LogP contribution < -0.4 is 5.32 Å². The Bertz CT molecular complexity index is 146. The van der Waals surface area contributed by atoms with Gasteiger partial charge in [0.2, 0.25) is 0 Å². The second-order valence-corrected chi connectivity index (χ2v) is 5.60. The smallest absolute Gasteiger partial charge is 0.0594 e. The number of rotatable bonds is 10. The van der Waals surface area contributed by atoms with Crippen molar-refractivity contribution in [2.75, 3.05) is 19.7 Å². The molecule has 0 aromatic carbocycles. The number of ether oxygens (including phenoxy) is 1. The zero-order valence-electron chi connectivity index (χ0n) is 11.9. The molecule has 0 aliphatic rings. The third-order valence-electron chi connectivity index (χ3n) is 2.62.